The van der Waals surface area contributed by atoms with Crippen molar-refractivity contribution >= 4 is 11.8 Å². The summed E-state index contributed by atoms with van der Waals surface area (Å²) in [6, 6.07) is 13.0. The zero-order valence-corrected chi connectivity index (χ0v) is 20.9. The third kappa shape index (κ3) is 6.33. The summed E-state index contributed by atoms with van der Waals surface area (Å²) in [6.07, 6.45) is 9.55. The van der Waals surface area contributed by atoms with Crippen LogP contribution in [0.25, 0.3) is 0 Å². The predicted octanol–water partition coefficient (Wildman–Crippen LogP) is 5.57. The Bertz CT molecular complexity index is 1140. The van der Waals surface area contributed by atoms with Gasteiger partial charge in [-0.2, -0.15) is 0 Å². The molecule has 188 valence electrons. The minimum absolute atomic E-state index is 0.0861. The van der Waals surface area contributed by atoms with Crippen molar-refractivity contribution in [2.24, 2.45) is 0 Å². The first-order valence-electron chi connectivity index (χ1n) is 12.6. The Morgan fingerprint density at radius 3 is 2.25 bits per heavy atom. The Balaban J connectivity index is 1.74. The van der Waals surface area contributed by atoms with Gasteiger partial charge in [0.05, 0.1) is 6.20 Å². The summed E-state index contributed by atoms with van der Waals surface area (Å²) in [6.45, 7) is 4.34. The highest BCUT2D eigenvalue weighted by molar-refractivity contribution is 5.96. The van der Waals surface area contributed by atoms with Crippen LogP contribution in [0.4, 0.5) is 4.39 Å². The van der Waals surface area contributed by atoms with Crippen molar-refractivity contribution in [2.75, 3.05) is 0 Å². The molecule has 2 amide bonds. The lowest BCUT2D eigenvalue weighted by Gasteiger charge is -2.33. The Labute approximate surface area is 212 Å². The van der Waals surface area contributed by atoms with Gasteiger partial charge >= 0.3 is 0 Å². The fourth-order valence-electron chi connectivity index (χ4n) is 4.69. The largest absolute Gasteiger partial charge is 0.351 e. The molecule has 0 aliphatic heterocycles. The molecule has 7 heteroatoms. The summed E-state index contributed by atoms with van der Waals surface area (Å²) in [4.78, 5) is 37.4. The van der Waals surface area contributed by atoms with Gasteiger partial charge in [-0.3, -0.25) is 14.6 Å². The Morgan fingerprint density at radius 2 is 1.64 bits per heavy atom. The summed E-state index contributed by atoms with van der Waals surface area (Å²) in [5, 5.41) is 3.21. The maximum Gasteiger partial charge on any atom is 0.275 e. The molecule has 2 aromatic carbocycles. The Hall–Kier alpha value is -3.61. The van der Waals surface area contributed by atoms with Crippen LogP contribution in [0.1, 0.15) is 85.1 Å². The van der Waals surface area contributed by atoms with E-state index in [1.807, 2.05) is 24.3 Å². The van der Waals surface area contributed by atoms with E-state index in [9.17, 15) is 14.0 Å². The topological polar surface area (TPSA) is 75.2 Å². The van der Waals surface area contributed by atoms with Crippen molar-refractivity contribution in [1.82, 2.24) is 20.2 Å². The van der Waals surface area contributed by atoms with Gasteiger partial charge < -0.3 is 10.2 Å². The number of carbonyl (C=O) groups is 2. The lowest BCUT2D eigenvalue weighted by molar-refractivity contribution is -0.127. The van der Waals surface area contributed by atoms with E-state index in [2.05, 4.69) is 29.1 Å². The van der Waals surface area contributed by atoms with Gasteiger partial charge in [-0.25, -0.2) is 9.37 Å². The second kappa shape index (κ2) is 11.9. The van der Waals surface area contributed by atoms with Crippen LogP contribution >= 0.6 is 0 Å². The van der Waals surface area contributed by atoms with Crippen LogP contribution in [-0.4, -0.2) is 32.7 Å². The number of hydrogen-bond donors (Lipinski definition) is 1. The molecular weight excluding hydrogens is 455 g/mol. The third-order valence-corrected chi connectivity index (χ3v) is 6.74. The molecule has 0 radical (unpaired) electrons. The molecule has 1 aliphatic carbocycles. The molecule has 3 aromatic rings. The van der Waals surface area contributed by atoms with E-state index in [0.29, 0.717) is 17.0 Å². The molecule has 0 saturated heterocycles. The van der Waals surface area contributed by atoms with Gasteiger partial charge in [0, 0.05) is 25.0 Å². The summed E-state index contributed by atoms with van der Waals surface area (Å²) in [7, 11) is 0. The molecule has 1 atom stereocenters. The molecule has 4 rings (SSSR count). The number of nitrogens with one attached hydrogen (secondary N) is 1. The first-order valence-corrected chi connectivity index (χ1v) is 12.6. The Morgan fingerprint density at radius 1 is 0.972 bits per heavy atom. The molecule has 0 bridgehead atoms. The minimum atomic E-state index is -0.882. The molecule has 1 saturated carbocycles. The molecule has 1 aromatic heterocycles. The van der Waals surface area contributed by atoms with E-state index in [0.717, 1.165) is 31.2 Å². The van der Waals surface area contributed by atoms with Crippen LogP contribution in [0.3, 0.4) is 0 Å². The van der Waals surface area contributed by atoms with Crippen molar-refractivity contribution in [2.45, 2.75) is 70.5 Å². The number of rotatable bonds is 8. The maximum absolute atomic E-state index is 13.9. The van der Waals surface area contributed by atoms with E-state index in [1.165, 1.54) is 42.0 Å². The fourth-order valence-corrected chi connectivity index (χ4v) is 4.69. The van der Waals surface area contributed by atoms with Crippen LogP contribution < -0.4 is 5.32 Å². The lowest BCUT2D eigenvalue weighted by Crippen LogP contribution is -2.47. The average Bonchev–Trinajstić information content (AvgIpc) is 2.90. The van der Waals surface area contributed by atoms with Crippen LogP contribution in [0, 0.1) is 5.82 Å². The monoisotopic (exact) mass is 488 g/mol. The van der Waals surface area contributed by atoms with Crippen molar-refractivity contribution in [3.05, 3.63) is 95.3 Å². The second-order valence-electron chi connectivity index (χ2n) is 9.72. The number of benzene rings is 2. The number of hydrogen-bond acceptors (Lipinski definition) is 4. The normalized spacial score (nSPS) is 14.9. The van der Waals surface area contributed by atoms with Crippen LogP contribution in [0.15, 0.2) is 67.1 Å². The highest BCUT2D eigenvalue weighted by Crippen LogP contribution is 2.28. The van der Waals surface area contributed by atoms with Crippen molar-refractivity contribution in [3.8, 4) is 0 Å². The Kier molecular flexibility index (Phi) is 8.41. The van der Waals surface area contributed by atoms with Gasteiger partial charge in [0.1, 0.15) is 17.6 Å². The molecule has 0 spiro atoms. The average molecular weight is 489 g/mol. The highest BCUT2D eigenvalue weighted by Gasteiger charge is 2.34. The second-order valence-corrected chi connectivity index (χ2v) is 9.72. The van der Waals surface area contributed by atoms with Crippen molar-refractivity contribution < 1.29 is 14.0 Å². The van der Waals surface area contributed by atoms with E-state index >= 15 is 0 Å². The molecule has 0 unspecified atom stereocenters. The predicted molar refractivity (Wildman–Crippen MR) is 137 cm³/mol. The standard InChI is InChI=1S/C29H33FN4O2/c1-20(2)22-10-12-23(13-11-22)27(28(35)33-25-6-4-3-5-7-25)34(19-21-8-14-24(30)15-9-21)29(36)26-18-31-16-17-32-26/h8-18,20,25,27H,3-7,19H2,1-2H3,(H,33,35)/t27-/m1/s1. The number of nitrogens with zero attached hydrogens (tertiary/aromatic N) is 3. The van der Waals surface area contributed by atoms with Gasteiger partial charge in [-0.05, 0) is 47.6 Å². The quantitative estimate of drug-likeness (QED) is 0.450. The van der Waals surface area contributed by atoms with Gasteiger partial charge in [0.15, 0.2) is 0 Å². The molecule has 1 fully saturated rings. The first kappa shape index (κ1) is 25.5. The maximum atomic E-state index is 13.9. The molecular formula is C29H33FN4O2. The zero-order valence-electron chi connectivity index (χ0n) is 20.9. The van der Waals surface area contributed by atoms with Crippen LogP contribution in [0.2, 0.25) is 0 Å². The molecule has 1 aliphatic rings. The number of aromatic nitrogens is 2. The summed E-state index contributed by atoms with van der Waals surface area (Å²) >= 11 is 0. The van der Waals surface area contributed by atoms with Gasteiger partial charge in [-0.15, -0.1) is 0 Å². The SMILES string of the molecule is CC(C)c1ccc([C@H](C(=O)NC2CCCCC2)N(Cc2ccc(F)cc2)C(=O)c2cnccn2)cc1. The van der Waals surface area contributed by atoms with Crippen LogP contribution in [-0.2, 0) is 11.3 Å². The first-order chi connectivity index (χ1) is 17.4. The van der Waals surface area contributed by atoms with E-state index in [1.54, 1.807) is 12.1 Å². The fraction of sp³-hybridized carbons (Fsp3) is 0.379. The number of amides is 2. The minimum Gasteiger partial charge on any atom is -0.351 e. The highest BCUT2D eigenvalue weighted by atomic mass is 19.1. The third-order valence-electron chi connectivity index (χ3n) is 6.74. The molecule has 6 nitrogen and oxygen atoms in total. The van der Waals surface area contributed by atoms with Crippen molar-refractivity contribution in [3.63, 3.8) is 0 Å². The van der Waals surface area contributed by atoms with Crippen molar-refractivity contribution in [1.29, 1.82) is 0 Å². The molecule has 1 N–H and O–H groups in total. The van der Waals surface area contributed by atoms with E-state index < -0.39 is 11.9 Å². The van der Waals surface area contributed by atoms with Gasteiger partial charge in [-0.1, -0.05) is 69.5 Å². The summed E-state index contributed by atoms with van der Waals surface area (Å²) < 4.78 is 13.6. The molecule has 36 heavy (non-hydrogen) atoms. The van der Waals surface area contributed by atoms with E-state index in [-0.39, 0.29) is 30.0 Å². The number of halogens is 1. The molecule has 1 heterocycles. The van der Waals surface area contributed by atoms with Gasteiger partial charge in [0.2, 0.25) is 5.91 Å². The lowest BCUT2D eigenvalue weighted by atomic mass is 9.94. The smallest absolute Gasteiger partial charge is 0.275 e. The number of carbonyl (C=O) groups excluding carboxylic acids is 2. The summed E-state index contributed by atoms with van der Waals surface area (Å²) in [5.41, 5.74) is 2.72. The van der Waals surface area contributed by atoms with Gasteiger partial charge in [0.25, 0.3) is 5.91 Å². The zero-order chi connectivity index (χ0) is 25.5. The van der Waals surface area contributed by atoms with E-state index in [4.69, 9.17) is 0 Å². The summed E-state index contributed by atoms with van der Waals surface area (Å²) in [5.74, 6) is -0.658. The van der Waals surface area contributed by atoms with Crippen LogP contribution in [0.5, 0.6) is 0 Å².